The van der Waals surface area contributed by atoms with Crippen molar-refractivity contribution in [1.82, 2.24) is 4.90 Å². The van der Waals surface area contributed by atoms with Crippen LogP contribution in [0, 0.1) is 0 Å². The van der Waals surface area contributed by atoms with Crippen molar-refractivity contribution in [3.63, 3.8) is 0 Å². The van der Waals surface area contributed by atoms with Crippen LogP contribution in [-0.4, -0.2) is 37.1 Å². The Labute approximate surface area is 163 Å². The number of halogens is 1. The fourth-order valence-corrected chi connectivity index (χ4v) is 2.76. The molecule has 0 aromatic heterocycles. The molecule has 0 saturated heterocycles. The van der Waals surface area contributed by atoms with E-state index in [1.807, 2.05) is 55.5 Å². The molecule has 0 aliphatic heterocycles. The van der Waals surface area contributed by atoms with Gasteiger partial charge in [-0.2, -0.15) is 0 Å². The Balaban J connectivity index is 0.00000338. The average Bonchev–Trinajstić information content (AvgIpc) is 2.67. The second-order valence-electron chi connectivity index (χ2n) is 5.81. The molecule has 0 amide bonds. The molecule has 2 rings (SSSR count). The molecule has 140 valence electrons. The van der Waals surface area contributed by atoms with Crippen LogP contribution in [0.25, 0.3) is 16.7 Å². The van der Waals surface area contributed by atoms with Crippen molar-refractivity contribution in [3.8, 4) is 11.1 Å². The molecule has 0 heterocycles. The van der Waals surface area contributed by atoms with Gasteiger partial charge in [0, 0.05) is 6.54 Å². The number of benzene rings is 2. The molecule has 0 aliphatic carbocycles. The van der Waals surface area contributed by atoms with E-state index in [9.17, 15) is 4.79 Å². The van der Waals surface area contributed by atoms with Crippen LogP contribution >= 0.6 is 12.4 Å². The summed E-state index contributed by atoms with van der Waals surface area (Å²) < 4.78 is 5.45. The number of allylic oxidation sites excluding steroid dienone is 1. The maximum Gasteiger partial charge on any atom is 0.338 e. The Bertz CT molecular complexity index is 692. The molecule has 4 heteroatoms. The largest absolute Gasteiger partial charge is 0.461 e. The summed E-state index contributed by atoms with van der Waals surface area (Å²) in [7, 11) is 0. The molecule has 0 radical (unpaired) electrons. The monoisotopic (exact) mass is 373 g/mol. The Morgan fingerprint density at radius 1 is 0.962 bits per heavy atom. The highest BCUT2D eigenvalue weighted by atomic mass is 35.5. The highest BCUT2D eigenvalue weighted by molar-refractivity contribution is 6.16. The summed E-state index contributed by atoms with van der Waals surface area (Å²) >= 11 is 0. The Kier molecular flexibility index (Phi) is 9.71. The molecule has 0 unspecified atom stereocenters. The van der Waals surface area contributed by atoms with Crippen LogP contribution in [-0.2, 0) is 9.53 Å². The van der Waals surface area contributed by atoms with E-state index in [4.69, 9.17) is 4.74 Å². The lowest BCUT2D eigenvalue weighted by Gasteiger charge is -2.18. The molecular weight excluding hydrogens is 346 g/mol. The number of nitrogens with zero attached hydrogens (tertiary/aromatic N) is 1. The van der Waals surface area contributed by atoms with Crippen LogP contribution in [0.4, 0.5) is 0 Å². The van der Waals surface area contributed by atoms with Crippen LogP contribution in [0.3, 0.4) is 0 Å². The highest BCUT2D eigenvalue weighted by Gasteiger charge is 2.13. The van der Waals surface area contributed by atoms with Gasteiger partial charge in [-0.3, -0.25) is 0 Å². The van der Waals surface area contributed by atoms with Crippen molar-refractivity contribution in [2.75, 3.05) is 26.2 Å². The minimum absolute atomic E-state index is 0. The van der Waals surface area contributed by atoms with Gasteiger partial charge in [0.15, 0.2) is 0 Å². The minimum atomic E-state index is -0.262. The second-order valence-corrected chi connectivity index (χ2v) is 5.81. The summed E-state index contributed by atoms with van der Waals surface area (Å²) in [6, 6.07) is 18.2. The van der Waals surface area contributed by atoms with Gasteiger partial charge >= 0.3 is 5.97 Å². The maximum absolute atomic E-state index is 12.4. The van der Waals surface area contributed by atoms with Gasteiger partial charge < -0.3 is 9.64 Å². The first-order valence-electron chi connectivity index (χ1n) is 8.91. The summed E-state index contributed by atoms with van der Waals surface area (Å²) in [5.74, 6) is -0.262. The van der Waals surface area contributed by atoms with E-state index in [0.717, 1.165) is 36.3 Å². The predicted molar refractivity (Wildman–Crippen MR) is 112 cm³/mol. The minimum Gasteiger partial charge on any atom is -0.461 e. The van der Waals surface area contributed by atoms with E-state index in [1.165, 1.54) is 0 Å². The first-order chi connectivity index (χ1) is 12.2. The molecule has 0 fully saturated rings. The number of likely N-dealkylation sites (N-methyl/N-ethyl adjacent to an activating group) is 1. The Morgan fingerprint density at radius 2 is 1.54 bits per heavy atom. The highest BCUT2D eigenvalue weighted by Crippen LogP contribution is 2.23. The number of carbonyl (C=O) groups is 1. The van der Waals surface area contributed by atoms with Gasteiger partial charge in [-0.25, -0.2) is 4.79 Å². The van der Waals surface area contributed by atoms with Crippen LogP contribution in [0.2, 0.25) is 0 Å². The first-order valence-corrected chi connectivity index (χ1v) is 8.91. The van der Waals surface area contributed by atoms with E-state index in [1.54, 1.807) is 0 Å². The molecule has 2 aromatic rings. The lowest BCUT2D eigenvalue weighted by Crippen LogP contribution is -2.28. The number of hydrogen-bond donors (Lipinski definition) is 0. The SMILES string of the molecule is C/C=C(/C(=O)OCCN(CC)CC)c1ccc(-c2ccccc2)cc1.Cl. The van der Waals surface area contributed by atoms with Gasteiger partial charge in [-0.05, 0) is 36.7 Å². The normalized spacial score (nSPS) is 11.2. The zero-order valence-corrected chi connectivity index (χ0v) is 16.6. The number of esters is 1. The smallest absolute Gasteiger partial charge is 0.338 e. The number of carbonyl (C=O) groups excluding carboxylic acids is 1. The van der Waals surface area contributed by atoms with E-state index in [-0.39, 0.29) is 18.4 Å². The molecule has 0 bridgehead atoms. The quantitative estimate of drug-likeness (QED) is 0.478. The van der Waals surface area contributed by atoms with Gasteiger partial charge in [-0.15, -0.1) is 12.4 Å². The van der Waals surface area contributed by atoms with Crippen molar-refractivity contribution in [3.05, 3.63) is 66.2 Å². The lowest BCUT2D eigenvalue weighted by atomic mass is 10.0. The molecule has 3 nitrogen and oxygen atoms in total. The Hall–Kier alpha value is -2.10. The molecule has 2 aromatic carbocycles. The van der Waals surface area contributed by atoms with E-state index >= 15 is 0 Å². The molecular formula is C22H28ClNO2. The van der Waals surface area contributed by atoms with E-state index < -0.39 is 0 Å². The fraction of sp³-hybridized carbons (Fsp3) is 0.318. The van der Waals surface area contributed by atoms with Gasteiger partial charge in [0.25, 0.3) is 0 Å². The maximum atomic E-state index is 12.4. The topological polar surface area (TPSA) is 29.5 Å². The first kappa shape index (κ1) is 21.9. The van der Waals surface area contributed by atoms with Crippen LogP contribution in [0.5, 0.6) is 0 Å². The third kappa shape index (κ3) is 6.01. The van der Waals surface area contributed by atoms with Gasteiger partial charge in [0.2, 0.25) is 0 Å². The zero-order valence-electron chi connectivity index (χ0n) is 15.8. The predicted octanol–water partition coefficient (Wildman–Crippen LogP) is 5.06. The molecule has 0 spiro atoms. The summed E-state index contributed by atoms with van der Waals surface area (Å²) in [5.41, 5.74) is 3.79. The summed E-state index contributed by atoms with van der Waals surface area (Å²) in [4.78, 5) is 14.6. The molecule has 0 N–H and O–H groups in total. The van der Waals surface area contributed by atoms with Crippen LogP contribution in [0.1, 0.15) is 26.3 Å². The summed E-state index contributed by atoms with van der Waals surface area (Å²) in [5, 5.41) is 0. The molecule has 0 aliphatic rings. The van der Waals surface area contributed by atoms with E-state index in [0.29, 0.717) is 12.2 Å². The van der Waals surface area contributed by atoms with E-state index in [2.05, 4.69) is 30.9 Å². The third-order valence-electron chi connectivity index (χ3n) is 4.35. The van der Waals surface area contributed by atoms with Crippen molar-refractivity contribution in [2.45, 2.75) is 20.8 Å². The summed E-state index contributed by atoms with van der Waals surface area (Å²) in [6.07, 6.45) is 1.82. The Morgan fingerprint density at radius 3 is 2.08 bits per heavy atom. The zero-order chi connectivity index (χ0) is 18.1. The number of rotatable bonds is 8. The average molecular weight is 374 g/mol. The standard InChI is InChI=1S/C22H27NO2.ClH/c1-4-21(22(24)25-17-16-23(5-2)6-3)20-14-12-19(13-15-20)18-10-8-7-9-11-18;/h4,7-15H,5-6,16-17H2,1-3H3;1H/b21-4+;. The van der Waals surface area contributed by atoms with Crippen molar-refractivity contribution >= 4 is 23.9 Å². The lowest BCUT2D eigenvalue weighted by molar-refractivity contribution is -0.137. The van der Waals surface area contributed by atoms with Crippen LogP contribution in [0.15, 0.2) is 60.7 Å². The van der Waals surface area contributed by atoms with Crippen LogP contribution < -0.4 is 0 Å². The summed E-state index contributed by atoms with van der Waals surface area (Å²) in [6.45, 7) is 9.19. The third-order valence-corrected chi connectivity index (χ3v) is 4.35. The van der Waals surface area contributed by atoms with Crippen molar-refractivity contribution < 1.29 is 9.53 Å². The number of hydrogen-bond acceptors (Lipinski definition) is 3. The molecule has 26 heavy (non-hydrogen) atoms. The van der Waals surface area contributed by atoms with Crippen molar-refractivity contribution in [2.24, 2.45) is 0 Å². The van der Waals surface area contributed by atoms with Crippen molar-refractivity contribution in [1.29, 1.82) is 0 Å². The van der Waals surface area contributed by atoms with Gasteiger partial charge in [0.05, 0.1) is 5.57 Å². The van der Waals surface area contributed by atoms with Gasteiger partial charge in [-0.1, -0.05) is 74.5 Å². The fourth-order valence-electron chi connectivity index (χ4n) is 2.76. The second kappa shape index (κ2) is 11.5. The molecule has 0 atom stereocenters. The molecule has 0 saturated carbocycles. The van der Waals surface area contributed by atoms with Gasteiger partial charge in [0.1, 0.15) is 6.61 Å². The number of ether oxygens (including phenoxy) is 1.